The molecule has 9 N–H and O–H groups in total. The number of aliphatic hydroxyl groups excluding tert-OH is 6. The molecule has 12 aliphatic rings. The van der Waals surface area contributed by atoms with E-state index in [1.807, 2.05) is 0 Å². The molecule has 12 aliphatic carbocycles. The van der Waals surface area contributed by atoms with Gasteiger partial charge < -0.3 is 46.6 Å². The third-order valence-electron chi connectivity index (χ3n) is 33.2. The quantitative estimate of drug-likeness (QED) is 0.0531. The number of nitrogens with one attached hydrogen (secondary N) is 3. The lowest BCUT2D eigenvalue weighted by atomic mass is 9.43. The fraction of sp³-hybridized carbons (Fsp3) is 0.962. The van der Waals surface area contributed by atoms with Gasteiger partial charge in [-0.05, 0) is 312 Å². The van der Waals surface area contributed by atoms with Crippen molar-refractivity contribution in [3.05, 3.63) is 0 Å². The molecule has 0 radical (unpaired) electrons. The molecule has 0 bridgehead atoms. The van der Waals surface area contributed by atoms with Gasteiger partial charge in [-0.25, -0.2) is 0 Å². The smallest absolute Gasteiger partial charge is 0.220 e. The summed E-state index contributed by atoms with van der Waals surface area (Å²) in [6.07, 6.45) is 27.5. The molecule has 12 saturated carbocycles. The highest BCUT2D eigenvalue weighted by Crippen LogP contribution is 2.72. The molecule has 0 aromatic heterocycles. The predicted molar refractivity (Wildman–Crippen MR) is 359 cm³/mol. The number of carbonyl (C=O) groups is 3. The summed E-state index contributed by atoms with van der Waals surface area (Å²) in [5.74, 6) is 8.90. The molecule has 0 aliphatic heterocycles. The van der Waals surface area contributed by atoms with Crippen LogP contribution in [0.2, 0.25) is 0 Å². The van der Waals surface area contributed by atoms with Crippen LogP contribution in [0.25, 0.3) is 0 Å². The lowest BCUT2D eigenvalue weighted by Crippen LogP contribution is -2.58. The van der Waals surface area contributed by atoms with Crippen LogP contribution in [0.1, 0.15) is 255 Å². The first-order valence-corrected chi connectivity index (χ1v) is 38.9. The average Bonchev–Trinajstić information content (AvgIpc) is 1.70. The van der Waals surface area contributed by atoms with Crippen molar-refractivity contribution in [2.75, 3.05) is 39.3 Å². The van der Waals surface area contributed by atoms with Crippen molar-refractivity contribution in [1.82, 2.24) is 20.9 Å². The van der Waals surface area contributed by atoms with Crippen LogP contribution in [0.4, 0.5) is 0 Å². The van der Waals surface area contributed by atoms with Gasteiger partial charge in [0.15, 0.2) is 0 Å². The van der Waals surface area contributed by atoms with E-state index in [1.165, 1.54) is 38.5 Å². The predicted octanol–water partition coefficient (Wildman–Crippen LogP) is 11.9. The Balaban J connectivity index is 0.619. The molecule has 13 nitrogen and oxygen atoms in total. The first-order chi connectivity index (χ1) is 43.2. The first kappa shape index (κ1) is 69.0. The van der Waals surface area contributed by atoms with Gasteiger partial charge in [0.1, 0.15) is 0 Å². The summed E-state index contributed by atoms with van der Waals surface area (Å²) in [6, 6.07) is 0. The highest BCUT2D eigenvalue weighted by Gasteiger charge is 2.67. The summed E-state index contributed by atoms with van der Waals surface area (Å²) in [5, 5.41) is 78.1. The number of amides is 3. The minimum absolute atomic E-state index is 0.0515. The second kappa shape index (κ2) is 27.1. The molecule has 91 heavy (non-hydrogen) atoms. The Kier molecular flexibility index (Phi) is 20.6. The molecule has 0 saturated heterocycles. The van der Waals surface area contributed by atoms with E-state index in [0.717, 1.165) is 135 Å². The zero-order valence-electron chi connectivity index (χ0n) is 58.7. The van der Waals surface area contributed by atoms with E-state index in [4.69, 9.17) is 0 Å². The van der Waals surface area contributed by atoms with Crippen LogP contribution in [0.15, 0.2) is 0 Å². The van der Waals surface area contributed by atoms with Gasteiger partial charge >= 0.3 is 0 Å². The number of aliphatic hydroxyl groups is 6. The zero-order chi connectivity index (χ0) is 64.7. The van der Waals surface area contributed by atoms with Gasteiger partial charge in [0, 0.05) is 58.5 Å². The Morgan fingerprint density at radius 1 is 0.374 bits per heavy atom. The van der Waals surface area contributed by atoms with E-state index < -0.39 is 0 Å². The third kappa shape index (κ3) is 12.5. The Bertz CT molecular complexity index is 2270. The number of hydrogen-bond acceptors (Lipinski definition) is 10. The lowest BCUT2D eigenvalue weighted by molar-refractivity contribution is -0.175. The molecule has 13 heteroatoms. The number of nitrogens with zero attached hydrogens (tertiary/aromatic N) is 1. The molecule has 0 aromatic rings. The lowest BCUT2D eigenvalue weighted by Gasteiger charge is -2.62. The van der Waals surface area contributed by atoms with Gasteiger partial charge in [0.25, 0.3) is 0 Å². The van der Waals surface area contributed by atoms with Crippen molar-refractivity contribution >= 4 is 17.7 Å². The minimum Gasteiger partial charge on any atom is -0.393 e. The van der Waals surface area contributed by atoms with Crippen LogP contribution in [0, 0.1) is 139 Å². The summed E-state index contributed by atoms with van der Waals surface area (Å²) in [6.45, 7) is 24.8. The molecule has 0 aromatic carbocycles. The molecule has 0 unspecified atom stereocenters. The number of hydrogen-bond donors (Lipinski definition) is 9. The highest BCUT2D eigenvalue weighted by atomic mass is 16.3. The normalized spacial score (nSPS) is 49.0. The molecule has 0 spiro atoms. The van der Waals surface area contributed by atoms with E-state index in [1.54, 1.807) is 0 Å². The topological polar surface area (TPSA) is 212 Å². The van der Waals surface area contributed by atoms with Crippen molar-refractivity contribution in [2.24, 2.45) is 139 Å². The Morgan fingerprint density at radius 2 is 0.648 bits per heavy atom. The van der Waals surface area contributed by atoms with Gasteiger partial charge in [-0.15, -0.1) is 0 Å². The van der Waals surface area contributed by atoms with Gasteiger partial charge in [-0.3, -0.25) is 19.3 Å². The summed E-state index contributed by atoms with van der Waals surface area (Å²) >= 11 is 0. The van der Waals surface area contributed by atoms with Crippen LogP contribution in [-0.4, -0.2) is 129 Å². The maximum absolute atomic E-state index is 13.8. The van der Waals surface area contributed by atoms with Crippen molar-refractivity contribution < 1.29 is 45.0 Å². The highest BCUT2D eigenvalue weighted by molar-refractivity contribution is 5.76. The fourth-order valence-corrected chi connectivity index (χ4v) is 27.8. The van der Waals surface area contributed by atoms with Crippen molar-refractivity contribution in [1.29, 1.82) is 0 Å². The molecule has 518 valence electrons. The Hall–Kier alpha value is -1.87. The molecule has 12 rings (SSSR count). The average molecular weight is 1270 g/mol. The largest absolute Gasteiger partial charge is 0.393 e. The van der Waals surface area contributed by atoms with E-state index in [9.17, 15) is 45.0 Å². The van der Waals surface area contributed by atoms with E-state index in [2.05, 4.69) is 83.2 Å². The van der Waals surface area contributed by atoms with Crippen LogP contribution in [0.5, 0.6) is 0 Å². The van der Waals surface area contributed by atoms with Crippen molar-refractivity contribution in [3.63, 3.8) is 0 Å². The Morgan fingerprint density at radius 3 is 0.923 bits per heavy atom. The molecular weight excluding hydrogens is 1140 g/mol. The standard InChI is InChI=1S/C78H132N4O9/c1-46(58-19-22-61-55-16-13-49-40-52(83)28-31-73(49,4)64(55)43-67(86)76(58,61)7)10-25-70(89)79-34-37-82(38-35-80-71(90)26-11-47(2)59-20-23-62-56-17-14-50-41-53(84)29-32-74(50,5)65(56)44-68(87)77(59,62)8)39-36-81-72(91)27-12-48(3)60-21-24-63-57-18-15-51-42-54(85)30-33-75(51,6)66(57)45-69(88)78(60,63)9/h46-69,83-88H,10-45H2,1-9H3,(H,79,89)(H,80,90)(H,81,91)/t46-,47-,48-,49+,50+,51+,52-,53-,54-,55+,56+,57+,58-,59-,60-,61+,62+,63+,64+,65+,66+,67+,68+,69+,73+,74+,75+,76-,77-,78-/m1/s1. The van der Waals surface area contributed by atoms with E-state index in [-0.39, 0.29) is 86.8 Å². The summed E-state index contributed by atoms with van der Waals surface area (Å²) in [7, 11) is 0. The third-order valence-corrected chi connectivity index (χ3v) is 33.2. The van der Waals surface area contributed by atoms with Crippen LogP contribution in [-0.2, 0) is 14.4 Å². The fourth-order valence-electron chi connectivity index (χ4n) is 27.8. The van der Waals surface area contributed by atoms with Gasteiger partial charge in [-0.1, -0.05) is 62.3 Å². The van der Waals surface area contributed by atoms with Crippen LogP contribution in [0.3, 0.4) is 0 Å². The minimum atomic E-state index is -0.342. The second-order valence-corrected chi connectivity index (χ2v) is 36.6. The summed E-state index contributed by atoms with van der Waals surface area (Å²) in [5.41, 5.74) is 0.196. The first-order valence-electron chi connectivity index (χ1n) is 38.9. The number of fused-ring (bicyclic) bond motifs is 15. The van der Waals surface area contributed by atoms with Gasteiger partial charge in [0.2, 0.25) is 17.7 Å². The molecule has 12 fully saturated rings. The monoisotopic (exact) mass is 1270 g/mol. The van der Waals surface area contributed by atoms with E-state index in [0.29, 0.717) is 165 Å². The second-order valence-electron chi connectivity index (χ2n) is 36.6. The van der Waals surface area contributed by atoms with E-state index >= 15 is 0 Å². The maximum Gasteiger partial charge on any atom is 0.220 e. The number of rotatable bonds is 21. The molecule has 0 heterocycles. The van der Waals surface area contributed by atoms with Crippen LogP contribution >= 0.6 is 0 Å². The van der Waals surface area contributed by atoms with Crippen molar-refractivity contribution in [2.45, 2.75) is 292 Å². The SMILES string of the molecule is C[C@H](CCC(=O)NCCN(CCNC(=O)CC[C@@H](C)[C@H]1CC[C@H]2[C@@H]3CC[C@H]4C[C@H](O)CC[C@]4(C)[C@H]3C[C@H](O)[C@]12C)CCNC(=O)CC[C@@H](C)[C@H]1CC[C@H]2[C@@H]3CC[C@H]4C[C@H](O)CC[C@]4(C)[C@H]3C[C@H](O)[C@]12C)[C@H]1CC[C@H]2[C@@H]3CC[C@H]4C[C@H](O)CC[C@]4(C)[C@H]3C[C@H](O)[C@]12C. The zero-order valence-corrected chi connectivity index (χ0v) is 58.7. The Labute approximate surface area is 550 Å². The summed E-state index contributed by atoms with van der Waals surface area (Å²) in [4.78, 5) is 43.5. The van der Waals surface area contributed by atoms with Gasteiger partial charge in [0.05, 0.1) is 36.6 Å². The molecule has 3 amide bonds. The number of carbonyl (C=O) groups excluding carboxylic acids is 3. The summed E-state index contributed by atoms with van der Waals surface area (Å²) < 4.78 is 0. The molecular formula is C78H132N4O9. The maximum atomic E-state index is 13.8. The van der Waals surface area contributed by atoms with Gasteiger partial charge in [-0.2, -0.15) is 0 Å². The van der Waals surface area contributed by atoms with Crippen molar-refractivity contribution in [3.8, 4) is 0 Å². The molecule has 30 atom stereocenters. The van der Waals surface area contributed by atoms with Crippen LogP contribution < -0.4 is 16.0 Å².